The van der Waals surface area contributed by atoms with Crippen LogP contribution in [0.2, 0.25) is 5.02 Å². The lowest BCUT2D eigenvalue weighted by Gasteiger charge is -2.29. The zero-order chi connectivity index (χ0) is 14.9. The van der Waals surface area contributed by atoms with Gasteiger partial charge in [0.25, 0.3) is 0 Å². The first kappa shape index (κ1) is 15.4. The first-order valence-electron chi connectivity index (χ1n) is 6.38. The minimum absolute atomic E-state index is 0.179. The molecule has 1 aliphatic heterocycles. The number of carbonyl (C=O) groups is 1. The Morgan fingerprint density at radius 1 is 1.50 bits per heavy atom. The van der Waals surface area contributed by atoms with Gasteiger partial charge in [-0.15, -0.1) is 0 Å². The van der Waals surface area contributed by atoms with Crippen LogP contribution in [0.15, 0.2) is 16.6 Å². The molecule has 20 heavy (non-hydrogen) atoms. The largest absolute Gasteiger partial charge is 0.492 e. The van der Waals surface area contributed by atoms with Gasteiger partial charge in [0.2, 0.25) is 0 Å². The van der Waals surface area contributed by atoms with Gasteiger partial charge in [-0.25, -0.2) is 4.79 Å². The summed E-state index contributed by atoms with van der Waals surface area (Å²) in [5.41, 5.74) is 0.332. The van der Waals surface area contributed by atoms with Crippen LogP contribution in [0.4, 0.5) is 4.79 Å². The maximum Gasteiger partial charge on any atom is 0.408 e. The monoisotopic (exact) mass is 361 g/mol. The number of halogens is 2. The molecule has 0 aliphatic carbocycles. The van der Waals surface area contributed by atoms with E-state index in [2.05, 4.69) is 21.2 Å². The third-order valence-corrected chi connectivity index (χ3v) is 3.78. The van der Waals surface area contributed by atoms with E-state index in [4.69, 9.17) is 21.1 Å². The molecule has 2 rings (SSSR count). The van der Waals surface area contributed by atoms with Crippen molar-refractivity contribution in [3.05, 3.63) is 27.2 Å². The van der Waals surface area contributed by atoms with Gasteiger partial charge in [0.1, 0.15) is 11.4 Å². The van der Waals surface area contributed by atoms with E-state index in [0.717, 1.165) is 10.0 Å². The molecule has 6 heteroatoms. The molecule has 1 N–H and O–H groups in total. The highest BCUT2D eigenvalue weighted by atomic mass is 79.9. The first-order chi connectivity index (χ1) is 9.28. The predicted octanol–water partition coefficient (Wildman–Crippen LogP) is 4.45. The van der Waals surface area contributed by atoms with Crippen LogP contribution in [0, 0.1) is 0 Å². The number of amides is 1. The molecule has 1 heterocycles. The van der Waals surface area contributed by atoms with Gasteiger partial charge < -0.3 is 14.8 Å². The topological polar surface area (TPSA) is 47.6 Å². The zero-order valence-electron chi connectivity index (χ0n) is 11.6. The lowest BCUT2D eigenvalue weighted by Crippen LogP contribution is -2.37. The Morgan fingerprint density at radius 2 is 2.20 bits per heavy atom. The average Bonchev–Trinajstić information content (AvgIpc) is 2.31. The summed E-state index contributed by atoms with van der Waals surface area (Å²) in [6, 6.07) is 3.43. The van der Waals surface area contributed by atoms with E-state index in [1.807, 2.05) is 26.8 Å². The highest BCUT2D eigenvalue weighted by molar-refractivity contribution is 9.10. The van der Waals surface area contributed by atoms with Crippen molar-refractivity contribution >= 4 is 33.6 Å². The second kappa shape index (κ2) is 5.82. The molecule has 1 unspecified atom stereocenters. The smallest absolute Gasteiger partial charge is 0.408 e. The van der Waals surface area contributed by atoms with Gasteiger partial charge in [0.05, 0.1) is 17.7 Å². The number of nitrogens with one attached hydrogen (secondary N) is 1. The fourth-order valence-corrected chi connectivity index (χ4v) is 2.85. The summed E-state index contributed by atoms with van der Waals surface area (Å²) in [6.07, 6.45) is 0.229. The van der Waals surface area contributed by atoms with Gasteiger partial charge in [0, 0.05) is 16.5 Å². The van der Waals surface area contributed by atoms with Crippen LogP contribution < -0.4 is 10.1 Å². The van der Waals surface area contributed by atoms with E-state index in [0.29, 0.717) is 23.8 Å². The van der Waals surface area contributed by atoms with Gasteiger partial charge in [-0.3, -0.25) is 0 Å². The van der Waals surface area contributed by atoms with E-state index in [-0.39, 0.29) is 6.04 Å². The Morgan fingerprint density at radius 3 is 2.85 bits per heavy atom. The molecule has 0 saturated heterocycles. The van der Waals surface area contributed by atoms with Crippen LogP contribution >= 0.6 is 27.5 Å². The Kier molecular flexibility index (Phi) is 4.49. The number of carbonyl (C=O) groups excluding carboxylic acids is 1. The van der Waals surface area contributed by atoms with Crippen LogP contribution in [0.3, 0.4) is 0 Å². The van der Waals surface area contributed by atoms with Crippen molar-refractivity contribution in [3.8, 4) is 5.75 Å². The van der Waals surface area contributed by atoms with E-state index in [1.54, 1.807) is 6.07 Å². The average molecular weight is 363 g/mol. The van der Waals surface area contributed by atoms with Crippen LogP contribution in [0.1, 0.15) is 38.8 Å². The number of alkyl carbamates (subject to hydrolysis) is 1. The molecule has 0 bridgehead atoms. The predicted molar refractivity (Wildman–Crippen MR) is 81.4 cm³/mol. The quantitative estimate of drug-likeness (QED) is 0.803. The Bertz CT molecular complexity index is 528. The van der Waals surface area contributed by atoms with Gasteiger partial charge in [0.15, 0.2) is 0 Å². The Hall–Kier alpha value is -0.940. The summed E-state index contributed by atoms with van der Waals surface area (Å²) in [6.45, 7) is 6.00. The molecule has 4 nitrogen and oxygen atoms in total. The molecule has 0 fully saturated rings. The fourth-order valence-electron chi connectivity index (χ4n) is 2.04. The number of hydrogen-bond donors (Lipinski definition) is 1. The third kappa shape index (κ3) is 3.58. The van der Waals surface area contributed by atoms with Crippen molar-refractivity contribution < 1.29 is 14.3 Å². The Labute approximate surface area is 131 Å². The van der Waals surface area contributed by atoms with Crippen LogP contribution in [0.5, 0.6) is 5.75 Å². The van der Waals surface area contributed by atoms with Crippen LogP contribution in [-0.4, -0.2) is 18.3 Å². The molecule has 0 aromatic heterocycles. The van der Waals surface area contributed by atoms with Crippen molar-refractivity contribution in [1.29, 1.82) is 0 Å². The Balaban J connectivity index is 2.21. The normalized spacial score (nSPS) is 17.9. The van der Waals surface area contributed by atoms with Gasteiger partial charge in [-0.2, -0.15) is 0 Å². The van der Waals surface area contributed by atoms with Gasteiger partial charge >= 0.3 is 6.09 Å². The van der Waals surface area contributed by atoms with Gasteiger partial charge in [-0.05, 0) is 32.9 Å². The molecule has 0 radical (unpaired) electrons. The minimum Gasteiger partial charge on any atom is -0.492 e. The minimum atomic E-state index is -0.524. The number of benzene rings is 1. The molecule has 1 aromatic rings. The molecule has 1 atom stereocenters. The maximum absolute atomic E-state index is 11.9. The van der Waals surface area contributed by atoms with Crippen molar-refractivity contribution in [2.75, 3.05) is 6.61 Å². The van der Waals surface area contributed by atoms with Crippen LogP contribution in [-0.2, 0) is 4.74 Å². The molecule has 1 aliphatic rings. The lowest BCUT2D eigenvalue weighted by molar-refractivity contribution is 0.0490. The molecular weight excluding hydrogens is 346 g/mol. The number of ether oxygens (including phenoxy) is 2. The lowest BCUT2D eigenvalue weighted by atomic mass is 10.0. The summed E-state index contributed by atoms with van der Waals surface area (Å²) >= 11 is 9.61. The highest BCUT2D eigenvalue weighted by Crippen LogP contribution is 2.42. The molecule has 110 valence electrons. The summed E-state index contributed by atoms with van der Waals surface area (Å²) in [5, 5.41) is 3.41. The molecular formula is C14H17BrClNO3. The first-order valence-corrected chi connectivity index (χ1v) is 7.55. The second-order valence-corrected chi connectivity index (χ2v) is 6.87. The van der Waals surface area contributed by atoms with Gasteiger partial charge in [-0.1, -0.05) is 27.5 Å². The summed E-state index contributed by atoms with van der Waals surface area (Å²) < 4.78 is 11.7. The third-order valence-electron chi connectivity index (χ3n) is 2.79. The van der Waals surface area contributed by atoms with E-state index >= 15 is 0 Å². The van der Waals surface area contributed by atoms with Crippen LogP contribution in [0.25, 0.3) is 0 Å². The molecule has 0 spiro atoms. The van der Waals surface area contributed by atoms with E-state index in [9.17, 15) is 4.79 Å². The summed E-state index contributed by atoms with van der Waals surface area (Å²) in [4.78, 5) is 11.9. The number of rotatable bonds is 1. The molecule has 0 saturated carbocycles. The number of hydrogen-bond acceptors (Lipinski definition) is 3. The van der Waals surface area contributed by atoms with Crippen molar-refractivity contribution in [1.82, 2.24) is 5.32 Å². The second-order valence-electron chi connectivity index (χ2n) is 5.61. The highest BCUT2D eigenvalue weighted by Gasteiger charge is 2.28. The number of fused-ring (bicyclic) bond motifs is 1. The SMILES string of the molecule is CC(C)(C)OC(=O)NC1CCOc2c(Cl)ccc(Br)c21. The van der Waals surface area contributed by atoms with E-state index in [1.165, 1.54) is 0 Å². The van der Waals surface area contributed by atoms with Crippen molar-refractivity contribution in [2.24, 2.45) is 0 Å². The molecule has 1 amide bonds. The fraction of sp³-hybridized carbons (Fsp3) is 0.500. The van der Waals surface area contributed by atoms with Crippen molar-refractivity contribution in [3.63, 3.8) is 0 Å². The molecule has 1 aromatic carbocycles. The zero-order valence-corrected chi connectivity index (χ0v) is 14.0. The van der Waals surface area contributed by atoms with Crippen molar-refractivity contribution in [2.45, 2.75) is 38.8 Å². The maximum atomic E-state index is 11.9. The van der Waals surface area contributed by atoms with E-state index < -0.39 is 11.7 Å². The standard InChI is InChI=1S/C14H17BrClNO3/c1-14(2,3)20-13(18)17-10-6-7-19-12-9(16)5-4-8(15)11(10)12/h4-5,10H,6-7H2,1-3H3,(H,17,18). The summed E-state index contributed by atoms with van der Waals surface area (Å²) in [7, 11) is 0. The summed E-state index contributed by atoms with van der Waals surface area (Å²) in [5.74, 6) is 0.619.